The Kier molecular flexibility index (Phi) is 6.58. The number of aromatic nitrogens is 1. The molecular formula is C32H30IrNO2-. The van der Waals surface area contributed by atoms with Crippen LogP contribution >= 0.6 is 0 Å². The number of carbonyl (C=O) groups is 1. The summed E-state index contributed by atoms with van der Waals surface area (Å²) in [5, 5.41) is 10.9. The predicted molar refractivity (Wildman–Crippen MR) is 143 cm³/mol. The van der Waals surface area contributed by atoms with Gasteiger partial charge in [0.2, 0.25) is 0 Å². The Balaban J connectivity index is 0.000000338. The van der Waals surface area contributed by atoms with E-state index >= 15 is 0 Å². The van der Waals surface area contributed by atoms with Gasteiger partial charge < -0.3 is 10.1 Å². The van der Waals surface area contributed by atoms with E-state index < -0.39 is 0 Å². The fraction of sp³-hybridized carbons (Fsp3) is 0.250. The van der Waals surface area contributed by atoms with Gasteiger partial charge in [-0.15, -0.1) is 29.3 Å². The minimum Gasteiger partial charge on any atom is -0.512 e. The number of pyridine rings is 1. The standard InChI is InChI=1S/C27H22N.C5H8O2.Ir/c1-26(2)19-12-7-11-18-22(19)23-20(26)13-8-14-21(23)27(3,4)24-17-10-6-5-9-16(17)15-28-25(18)24;1-4(6)3-5(2)7;/h5-10,12-15H,1-4H3;3,6H,1-2H3;/q-1;;/b;4-3-;. The minimum atomic E-state index is -0.154. The van der Waals surface area contributed by atoms with E-state index in [1.54, 1.807) is 0 Å². The van der Waals surface area contributed by atoms with E-state index in [9.17, 15) is 4.79 Å². The van der Waals surface area contributed by atoms with Gasteiger partial charge in [0.1, 0.15) is 0 Å². The first kappa shape index (κ1) is 26.0. The summed E-state index contributed by atoms with van der Waals surface area (Å²) in [6.07, 6.45) is 3.19. The third-order valence-corrected chi connectivity index (χ3v) is 7.41. The Hall–Kier alpha value is -3.07. The largest absolute Gasteiger partial charge is 0.512 e. The zero-order valence-electron chi connectivity index (χ0n) is 21.5. The van der Waals surface area contributed by atoms with Crippen LogP contribution in [0.1, 0.15) is 63.8 Å². The van der Waals surface area contributed by atoms with Crippen molar-refractivity contribution >= 4 is 16.6 Å². The number of fused-ring (bicyclic) bond motifs is 4. The van der Waals surface area contributed by atoms with Crippen molar-refractivity contribution in [1.82, 2.24) is 4.98 Å². The van der Waals surface area contributed by atoms with Gasteiger partial charge >= 0.3 is 0 Å². The molecule has 6 rings (SSSR count). The molecule has 0 spiro atoms. The van der Waals surface area contributed by atoms with Gasteiger partial charge in [-0.3, -0.25) is 4.79 Å². The number of carbonyl (C=O) groups excluding carboxylic acids is 1. The summed E-state index contributed by atoms with van der Waals surface area (Å²) in [7, 11) is 0. The number of aliphatic hydroxyl groups excluding tert-OH is 1. The number of hydrogen-bond donors (Lipinski definition) is 1. The quantitative estimate of drug-likeness (QED) is 0.130. The van der Waals surface area contributed by atoms with Crippen molar-refractivity contribution in [1.29, 1.82) is 0 Å². The molecule has 0 saturated carbocycles. The Morgan fingerprint density at radius 2 is 1.53 bits per heavy atom. The maximum Gasteiger partial charge on any atom is 0.155 e. The molecule has 3 aromatic carbocycles. The van der Waals surface area contributed by atoms with E-state index in [0.29, 0.717) is 0 Å². The first-order valence-electron chi connectivity index (χ1n) is 12.0. The van der Waals surface area contributed by atoms with Gasteiger partial charge in [0, 0.05) is 37.8 Å². The van der Waals surface area contributed by atoms with Crippen LogP contribution in [0, 0.1) is 6.07 Å². The van der Waals surface area contributed by atoms with Crippen LogP contribution < -0.4 is 0 Å². The summed E-state index contributed by atoms with van der Waals surface area (Å²) in [6, 6.07) is 23.4. The molecule has 36 heavy (non-hydrogen) atoms. The van der Waals surface area contributed by atoms with Crippen LogP contribution in [0.4, 0.5) is 0 Å². The summed E-state index contributed by atoms with van der Waals surface area (Å²) in [4.78, 5) is 15.0. The topological polar surface area (TPSA) is 50.2 Å². The fourth-order valence-corrected chi connectivity index (χ4v) is 5.89. The van der Waals surface area contributed by atoms with E-state index in [1.165, 1.54) is 64.1 Å². The number of benzene rings is 3. The van der Waals surface area contributed by atoms with Crippen LogP contribution in [0.5, 0.6) is 0 Å². The Labute approximate surface area is 226 Å². The molecule has 1 radical (unpaired) electrons. The first-order valence-corrected chi connectivity index (χ1v) is 12.0. The molecule has 0 saturated heterocycles. The average molecular weight is 653 g/mol. The van der Waals surface area contributed by atoms with Crippen molar-refractivity contribution in [3.8, 4) is 22.4 Å². The molecule has 2 aliphatic carbocycles. The SMILES string of the molecule is CC(=O)/C=C(/C)O.CC1(C)c2cc[c-]c3c2-c2c1cccc2C(C)(C)c1c-3ncc2ccccc12.[Ir]. The third kappa shape index (κ3) is 3.84. The molecule has 0 aliphatic heterocycles. The zero-order chi connectivity index (χ0) is 25.1. The number of ketones is 1. The van der Waals surface area contributed by atoms with E-state index in [-0.39, 0.29) is 42.5 Å². The smallest absolute Gasteiger partial charge is 0.155 e. The summed E-state index contributed by atoms with van der Waals surface area (Å²) < 4.78 is 0. The second-order valence-corrected chi connectivity index (χ2v) is 10.6. The molecule has 0 unspecified atom stereocenters. The molecule has 0 amide bonds. The van der Waals surface area contributed by atoms with Crippen molar-refractivity contribution < 1.29 is 30.0 Å². The van der Waals surface area contributed by atoms with Crippen LogP contribution in [-0.2, 0) is 35.7 Å². The van der Waals surface area contributed by atoms with E-state index in [1.807, 2.05) is 6.20 Å². The Morgan fingerprint density at radius 1 is 0.889 bits per heavy atom. The van der Waals surface area contributed by atoms with Crippen LogP contribution in [-0.4, -0.2) is 15.9 Å². The van der Waals surface area contributed by atoms with Crippen molar-refractivity contribution in [3.63, 3.8) is 0 Å². The van der Waals surface area contributed by atoms with E-state index in [4.69, 9.17) is 10.1 Å². The van der Waals surface area contributed by atoms with Gasteiger partial charge in [0.15, 0.2) is 5.78 Å². The maximum absolute atomic E-state index is 10.0. The molecule has 1 N–H and O–H groups in total. The van der Waals surface area contributed by atoms with E-state index in [0.717, 1.165) is 11.3 Å². The number of aliphatic hydroxyl groups is 1. The van der Waals surface area contributed by atoms with Gasteiger partial charge in [-0.2, -0.15) is 0 Å². The fourth-order valence-electron chi connectivity index (χ4n) is 5.89. The van der Waals surface area contributed by atoms with Crippen LogP contribution in [0.15, 0.2) is 72.6 Å². The van der Waals surface area contributed by atoms with Crippen LogP contribution in [0.3, 0.4) is 0 Å². The van der Waals surface area contributed by atoms with Crippen molar-refractivity contribution in [3.05, 3.63) is 101 Å². The zero-order valence-corrected chi connectivity index (χ0v) is 23.9. The molecule has 0 atom stereocenters. The summed E-state index contributed by atoms with van der Waals surface area (Å²) in [5.41, 5.74) is 10.4. The number of nitrogens with zero attached hydrogens (tertiary/aromatic N) is 1. The van der Waals surface area contributed by atoms with Gasteiger partial charge in [0.25, 0.3) is 0 Å². The minimum absolute atomic E-state index is 0. The second kappa shape index (κ2) is 9.10. The average Bonchev–Trinajstić information content (AvgIpc) is 2.99. The Bertz CT molecular complexity index is 1540. The monoisotopic (exact) mass is 653 g/mol. The van der Waals surface area contributed by atoms with Gasteiger partial charge in [0.05, 0.1) is 5.76 Å². The molecule has 2 aliphatic rings. The third-order valence-electron chi connectivity index (χ3n) is 7.41. The molecule has 0 fully saturated rings. The molecule has 4 aromatic rings. The number of rotatable bonds is 1. The molecule has 185 valence electrons. The molecule has 1 heterocycles. The van der Waals surface area contributed by atoms with E-state index in [2.05, 4.69) is 88.4 Å². The van der Waals surface area contributed by atoms with Crippen LogP contribution in [0.2, 0.25) is 0 Å². The molecular weight excluding hydrogens is 623 g/mol. The normalized spacial score (nSPS) is 15.6. The molecule has 3 nitrogen and oxygen atoms in total. The molecule has 0 bridgehead atoms. The molecule has 1 aromatic heterocycles. The van der Waals surface area contributed by atoms with Gasteiger partial charge in [-0.05, 0) is 52.4 Å². The number of allylic oxidation sites excluding steroid dienone is 2. The predicted octanol–water partition coefficient (Wildman–Crippen LogP) is 7.68. The van der Waals surface area contributed by atoms with Crippen LogP contribution in [0.25, 0.3) is 33.2 Å². The van der Waals surface area contributed by atoms with Crippen molar-refractivity contribution in [2.24, 2.45) is 0 Å². The Morgan fingerprint density at radius 3 is 2.17 bits per heavy atom. The molecule has 4 heteroatoms. The summed E-state index contributed by atoms with van der Waals surface area (Å²) in [5.74, 6) is -0.0625. The summed E-state index contributed by atoms with van der Waals surface area (Å²) >= 11 is 0. The van der Waals surface area contributed by atoms with Gasteiger partial charge in [-0.25, -0.2) is 0 Å². The summed E-state index contributed by atoms with van der Waals surface area (Å²) in [6.45, 7) is 12.2. The van der Waals surface area contributed by atoms with Crippen molar-refractivity contribution in [2.45, 2.75) is 52.4 Å². The maximum atomic E-state index is 10.0. The second-order valence-electron chi connectivity index (χ2n) is 10.6. The number of hydrogen-bond acceptors (Lipinski definition) is 3. The first-order chi connectivity index (χ1) is 16.5. The van der Waals surface area contributed by atoms with Crippen molar-refractivity contribution in [2.75, 3.05) is 0 Å². The van der Waals surface area contributed by atoms with Gasteiger partial charge in [-0.1, -0.05) is 81.3 Å².